The molecular formula is C15H17FN2OS. The first-order valence-corrected chi connectivity index (χ1v) is 7.76. The summed E-state index contributed by atoms with van der Waals surface area (Å²) in [5.41, 5.74) is 2.99. The van der Waals surface area contributed by atoms with Crippen LogP contribution >= 0.6 is 11.3 Å². The quantitative estimate of drug-likeness (QED) is 0.864. The van der Waals surface area contributed by atoms with Crippen LogP contribution in [-0.4, -0.2) is 29.1 Å². The normalized spacial score (nSPS) is 17.2. The van der Waals surface area contributed by atoms with Crippen LogP contribution in [0.3, 0.4) is 0 Å². The average molecular weight is 292 g/mol. The van der Waals surface area contributed by atoms with Crippen molar-refractivity contribution in [1.29, 1.82) is 0 Å². The number of nitrogens with zero attached hydrogens (tertiary/aromatic N) is 2. The smallest absolute Gasteiger partial charge is 0.165 e. The number of halogens is 1. The lowest BCUT2D eigenvalue weighted by Crippen LogP contribution is -2.37. The second-order valence-corrected chi connectivity index (χ2v) is 5.72. The fourth-order valence-corrected chi connectivity index (χ4v) is 3.00. The first-order valence-electron chi connectivity index (χ1n) is 6.82. The third kappa shape index (κ3) is 3.35. The number of thiazole rings is 1. The van der Waals surface area contributed by atoms with Crippen molar-refractivity contribution in [1.82, 2.24) is 9.88 Å². The maximum atomic E-state index is 13.5. The van der Waals surface area contributed by atoms with Gasteiger partial charge in [0.25, 0.3) is 0 Å². The van der Waals surface area contributed by atoms with E-state index in [0.717, 1.165) is 38.2 Å². The molecule has 0 saturated carbocycles. The molecule has 2 heterocycles. The van der Waals surface area contributed by atoms with Gasteiger partial charge in [0.1, 0.15) is 6.10 Å². The Morgan fingerprint density at radius 1 is 1.30 bits per heavy atom. The Balaban J connectivity index is 1.50. The zero-order valence-electron chi connectivity index (χ0n) is 11.2. The van der Waals surface area contributed by atoms with Crippen molar-refractivity contribution >= 4 is 11.3 Å². The van der Waals surface area contributed by atoms with Gasteiger partial charge in [0.15, 0.2) is 11.6 Å². The van der Waals surface area contributed by atoms with Gasteiger partial charge in [0.2, 0.25) is 0 Å². The van der Waals surface area contributed by atoms with Crippen molar-refractivity contribution in [3.63, 3.8) is 0 Å². The van der Waals surface area contributed by atoms with Crippen LogP contribution in [0.15, 0.2) is 35.2 Å². The summed E-state index contributed by atoms with van der Waals surface area (Å²) >= 11 is 1.63. The van der Waals surface area contributed by atoms with Gasteiger partial charge in [-0.3, -0.25) is 4.90 Å². The zero-order valence-corrected chi connectivity index (χ0v) is 12.0. The van der Waals surface area contributed by atoms with Crippen LogP contribution in [0, 0.1) is 5.82 Å². The Bertz CT molecular complexity index is 539. The number of hydrogen-bond acceptors (Lipinski definition) is 4. The molecule has 0 bridgehead atoms. The maximum absolute atomic E-state index is 13.5. The van der Waals surface area contributed by atoms with E-state index in [4.69, 9.17) is 4.74 Å². The summed E-state index contributed by atoms with van der Waals surface area (Å²) in [6.07, 6.45) is 1.97. The van der Waals surface area contributed by atoms with E-state index in [-0.39, 0.29) is 11.9 Å². The monoisotopic (exact) mass is 292 g/mol. The van der Waals surface area contributed by atoms with E-state index in [0.29, 0.717) is 5.75 Å². The highest BCUT2D eigenvalue weighted by Gasteiger charge is 2.21. The molecule has 1 aliphatic rings. The van der Waals surface area contributed by atoms with Crippen LogP contribution < -0.4 is 4.74 Å². The van der Waals surface area contributed by atoms with E-state index in [1.165, 1.54) is 6.07 Å². The number of benzene rings is 1. The topological polar surface area (TPSA) is 25.4 Å². The molecule has 0 radical (unpaired) electrons. The second-order valence-electron chi connectivity index (χ2n) is 5.00. The molecule has 5 heteroatoms. The van der Waals surface area contributed by atoms with Crippen LogP contribution in [0.2, 0.25) is 0 Å². The van der Waals surface area contributed by atoms with Crippen LogP contribution in [-0.2, 0) is 6.54 Å². The van der Waals surface area contributed by atoms with Crippen molar-refractivity contribution in [3.05, 3.63) is 46.7 Å². The molecule has 1 aliphatic heterocycles. The Morgan fingerprint density at radius 3 is 2.80 bits per heavy atom. The lowest BCUT2D eigenvalue weighted by Gasteiger charge is -2.31. The van der Waals surface area contributed by atoms with Crippen molar-refractivity contribution in [2.75, 3.05) is 13.1 Å². The van der Waals surface area contributed by atoms with E-state index in [2.05, 4.69) is 15.3 Å². The van der Waals surface area contributed by atoms with E-state index in [1.54, 1.807) is 29.5 Å². The zero-order chi connectivity index (χ0) is 13.8. The predicted octanol–water partition coefficient (Wildman–Crippen LogP) is 3.33. The lowest BCUT2D eigenvalue weighted by molar-refractivity contribution is 0.0930. The van der Waals surface area contributed by atoms with Crippen LogP contribution in [0.5, 0.6) is 5.75 Å². The highest BCUT2D eigenvalue weighted by atomic mass is 32.1. The molecular weight excluding hydrogens is 275 g/mol. The minimum absolute atomic E-state index is 0.110. The van der Waals surface area contributed by atoms with Gasteiger partial charge >= 0.3 is 0 Å². The Labute approximate surface area is 122 Å². The summed E-state index contributed by atoms with van der Waals surface area (Å²) in [6, 6.07) is 6.61. The first-order chi connectivity index (χ1) is 9.81. The third-order valence-electron chi connectivity index (χ3n) is 3.53. The number of likely N-dealkylation sites (tertiary alicyclic amines) is 1. The minimum atomic E-state index is -0.280. The molecule has 0 spiro atoms. The number of ether oxygens (including phenoxy) is 1. The van der Waals surface area contributed by atoms with Crippen LogP contribution in [0.4, 0.5) is 4.39 Å². The van der Waals surface area contributed by atoms with Crippen molar-refractivity contribution < 1.29 is 9.13 Å². The molecule has 106 valence electrons. The molecule has 0 aliphatic carbocycles. The predicted molar refractivity (Wildman–Crippen MR) is 77.4 cm³/mol. The Hall–Kier alpha value is -1.46. The standard InChI is InChI=1S/C15H17FN2OS/c16-14-3-1-2-4-15(14)19-13-5-7-18(8-6-13)9-12-10-20-11-17-12/h1-4,10-11,13H,5-9H2. The van der Waals surface area contributed by atoms with Gasteiger partial charge in [-0.25, -0.2) is 9.37 Å². The summed E-state index contributed by atoms with van der Waals surface area (Å²) in [4.78, 5) is 6.68. The summed E-state index contributed by atoms with van der Waals surface area (Å²) in [5, 5.41) is 2.09. The van der Waals surface area contributed by atoms with E-state index in [1.807, 2.05) is 5.51 Å². The number of piperidine rings is 1. The highest BCUT2D eigenvalue weighted by molar-refractivity contribution is 7.07. The SMILES string of the molecule is Fc1ccccc1OC1CCN(Cc2cscn2)CC1. The number of rotatable bonds is 4. The van der Waals surface area contributed by atoms with E-state index < -0.39 is 0 Å². The van der Waals surface area contributed by atoms with Crippen LogP contribution in [0.25, 0.3) is 0 Å². The molecule has 0 N–H and O–H groups in total. The van der Waals surface area contributed by atoms with Crippen molar-refractivity contribution in [2.45, 2.75) is 25.5 Å². The molecule has 1 aromatic carbocycles. The summed E-state index contributed by atoms with van der Waals surface area (Å²) < 4.78 is 19.3. The highest BCUT2D eigenvalue weighted by Crippen LogP contribution is 2.22. The van der Waals surface area contributed by atoms with Gasteiger partial charge in [0.05, 0.1) is 11.2 Å². The fraction of sp³-hybridized carbons (Fsp3) is 0.400. The van der Waals surface area contributed by atoms with Gasteiger partial charge in [-0.15, -0.1) is 11.3 Å². The van der Waals surface area contributed by atoms with Gasteiger partial charge < -0.3 is 4.74 Å². The van der Waals surface area contributed by atoms with Gasteiger partial charge in [-0.2, -0.15) is 0 Å². The molecule has 0 unspecified atom stereocenters. The van der Waals surface area contributed by atoms with Gasteiger partial charge in [0, 0.05) is 25.0 Å². The second kappa shape index (κ2) is 6.33. The minimum Gasteiger partial charge on any atom is -0.487 e. The molecule has 20 heavy (non-hydrogen) atoms. The molecule has 0 atom stereocenters. The van der Waals surface area contributed by atoms with Gasteiger partial charge in [-0.05, 0) is 25.0 Å². The number of para-hydroxylation sites is 1. The Morgan fingerprint density at radius 2 is 2.10 bits per heavy atom. The van der Waals surface area contributed by atoms with Crippen molar-refractivity contribution in [3.8, 4) is 5.75 Å². The van der Waals surface area contributed by atoms with E-state index in [9.17, 15) is 4.39 Å². The largest absolute Gasteiger partial charge is 0.487 e. The van der Waals surface area contributed by atoms with Crippen molar-refractivity contribution in [2.24, 2.45) is 0 Å². The summed E-state index contributed by atoms with van der Waals surface area (Å²) in [7, 11) is 0. The molecule has 3 nitrogen and oxygen atoms in total. The molecule has 1 fully saturated rings. The van der Waals surface area contributed by atoms with Gasteiger partial charge in [-0.1, -0.05) is 12.1 Å². The molecule has 1 saturated heterocycles. The molecule has 3 rings (SSSR count). The summed E-state index contributed by atoms with van der Waals surface area (Å²) in [6.45, 7) is 2.84. The first kappa shape index (κ1) is 13.5. The molecule has 2 aromatic rings. The summed E-state index contributed by atoms with van der Waals surface area (Å²) in [5.74, 6) is 0.0860. The van der Waals surface area contributed by atoms with Crippen LogP contribution in [0.1, 0.15) is 18.5 Å². The van der Waals surface area contributed by atoms with E-state index >= 15 is 0 Å². The molecule has 0 amide bonds. The average Bonchev–Trinajstić information content (AvgIpc) is 2.96. The third-order valence-corrected chi connectivity index (χ3v) is 4.17. The Kier molecular flexibility index (Phi) is 4.28. The number of hydrogen-bond donors (Lipinski definition) is 0. The maximum Gasteiger partial charge on any atom is 0.165 e. The lowest BCUT2D eigenvalue weighted by atomic mass is 10.1. The fourth-order valence-electron chi connectivity index (χ4n) is 2.45. The molecule has 1 aromatic heterocycles. The number of aromatic nitrogens is 1.